The molecule has 82 heavy (non-hydrogen) atoms. The molecule has 0 saturated carbocycles. The van der Waals surface area contributed by atoms with Gasteiger partial charge in [0.05, 0.1) is 38.9 Å². The van der Waals surface area contributed by atoms with Crippen molar-refractivity contribution in [3.8, 4) is 0 Å². The van der Waals surface area contributed by atoms with E-state index < -0.39 is 20.5 Å². The van der Waals surface area contributed by atoms with Crippen molar-refractivity contribution >= 4 is 81.1 Å². The third-order valence-electron chi connectivity index (χ3n) is 11.9. The number of aliphatic hydroxyl groups excluding tert-OH is 1. The van der Waals surface area contributed by atoms with Crippen LogP contribution in [0.4, 0.5) is 0 Å². The zero-order valence-electron chi connectivity index (χ0n) is 50.4. The third-order valence-corrected chi connectivity index (χ3v) is 13.2. The minimum absolute atomic E-state index is 0. The molecule has 1 atom stereocenters. The standard InChI is InChI=1S/C11H13BN2O2.C11H11BrN2O.C11H11BrN2.C9H21BO3.C7H16.C6H8N2O.C6H5.ClH.Mg/c1-14-11(10(8-13-14)12(15)16)7-9-5-3-2-4-6-9;1-14-10(9(12)7-13-14)11(15)8-5-3-2-4-6-8;1-14-11(10(12)8-13-14)7-9-5-3-2-4-6-9;1-7(2)11-10(12-8(3)4)13-9(5)6;1-4-7(5-2)6-3;1-5-3-7-8(2)6(5)4-9;1-2-4-6-5-3-1;;/h2-6,8,15-16H,7H2,1H3;2-7,11,15H,1H3;2-6,8H,7H2,1H3;7-9H,1-6H3;7H,4-6H2,1-3H3;3-4H,1-2H3;1-5H;1H;/q;;;;;;-1;;+2/p-1. The Bertz CT molecular complexity index is 2730. The molecule has 0 fully saturated rings. The SMILES string of the molecule is CC(C)OB(OC(C)C)OC(C)C.CCC(CC)CC.Cc1cnn(C)c1C=O.Cn1ncc(B(O)O)c1Cc1ccccc1.Cn1ncc(Br)c1C(O)c1ccccc1.Cn1ncc(Br)c1Cc1ccccc1.[Cl-].[Mg+2].[c-]1ccccc1. The first-order chi connectivity index (χ1) is 38.2. The maximum atomic E-state index is 10.2. The summed E-state index contributed by atoms with van der Waals surface area (Å²) >= 11 is 6.86. The molecule has 4 aromatic carbocycles. The minimum atomic E-state index is -1.47. The second kappa shape index (κ2) is 43.9. The molecule has 0 saturated heterocycles. The van der Waals surface area contributed by atoms with Crippen molar-refractivity contribution in [1.29, 1.82) is 0 Å². The first-order valence-corrected chi connectivity index (χ1v) is 28.6. The first-order valence-electron chi connectivity index (χ1n) is 27.0. The van der Waals surface area contributed by atoms with Crippen LogP contribution in [0.25, 0.3) is 0 Å². The maximum Gasteiger partial charge on any atom is 2.00 e. The molecule has 0 bridgehead atoms. The van der Waals surface area contributed by atoms with Crippen LogP contribution in [0.2, 0.25) is 0 Å². The summed E-state index contributed by atoms with van der Waals surface area (Å²) in [6, 6.07) is 42.3. The van der Waals surface area contributed by atoms with E-state index in [1.807, 2.05) is 171 Å². The number of rotatable bonds is 17. The molecule has 21 heteroatoms. The van der Waals surface area contributed by atoms with Gasteiger partial charge in [-0.3, -0.25) is 23.5 Å². The van der Waals surface area contributed by atoms with E-state index in [2.05, 4.69) is 103 Å². The smallest absolute Gasteiger partial charge is 1.00 e. The van der Waals surface area contributed by atoms with Crippen LogP contribution in [-0.4, -0.2) is 116 Å². The Balaban J connectivity index is 0.000000950. The number of carbonyl (C=O) groups is 1. The second-order valence-electron chi connectivity index (χ2n) is 19.2. The fraction of sp³-hybridized carbons (Fsp3) is 0.393. The molecular formula is C61H85B2Br2ClMgN8O7. The van der Waals surface area contributed by atoms with Crippen LogP contribution in [0.1, 0.15) is 138 Å². The van der Waals surface area contributed by atoms with E-state index >= 15 is 0 Å². The largest absolute Gasteiger partial charge is 2.00 e. The average Bonchev–Trinajstić information content (AvgIpc) is 4.19. The van der Waals surface area contributed by atoms with Crippen molar-refractivity contribution in [2.45, 2.75) is 126 Å². The minimum Gasteiger partial charge on any atom is -1.00 e. The number of hydrogen-bond donors (Lipinski definition) is 3. The Labute approximate surface area is 528 Å². The number of aromatic nitrogens is 8. The summed E-state index contributed by atoms with van der Waals surface area (Å²) in [6.07, 6.45) is 12.8. The molecule has 15 nitrogen and oxygen atoms in total. The van der Waals surface area contributed by atoms with Gasteiger partial charge in [0, 0.05) is 76.7 Å². The third kappa shape index (κ3) is 30.2. The number of hydrogen-bond acceptors (Lipinski definition) is 11. The van der Waals surface area contributed by atoms with Gasteiger partial charge in [0.2, 0.25) is 0 Å². The summed E-state index contributed by atoms with van der Waals surface area (Å²) < 4.78 is 25.0. The fourth-order valence-electron chi connectivity index (χ4n) is 7.34. The first kappa shape index (κ1) is 77.3. The van der Waals surface area contributed by atoms with E-state index in [4.69, 9.17) is 14.0 Å². The van der Waals surface area contributed by atoms with Crippen LogP contribution in [0, 0.1) is 18.9 Å². The van der Waals surface area contributed by atoms with Gasteiger partial charge >= 0.3 is 37.5 Å². The van der Waals surface area contributed by atoms with Gasteiger partial charge in [-0.1, -0.05) is 131 Å². The predicted octanol–water partition coefficient (Wildman–Crippen LogP) is 8.46. The molecule has 8 rings (SSSR count). The summed E-state index contributed by atoms with van der Waals surface area (Å²) in [5, 5.41) is 44.7. The number of nitrogens with zero attached hydrogens (tertiary/aromatic N) is 8. The molecule has 4 heterocycles. The maximum absolute atomic E-state index is 10.2. The quantitative estimate of drug-likeness (QED) is 0.0453. The van der Waals surface area contributed by atoms with Gasteiger partial charge in [-0.15, -0.1) is 0 Å². The normalized spacial score (nSPS) is 10.5. The summed E-state index contributed by atoms with van der Waals surface area (Å²) in [7, 11) is 5.31. The number of aliphatic hydroxyl groups is 1. The zero-order chi connectivity index (χ0) is 59.6. The topological polar surface area (TPSA) is 177 Å². The van der Waals surface area contributed by atoms with Crippen LogP contribution in [0.5, 0.6) is 0 Å². The Kier molecular flexibility index (Phi) is 41.4. The van der Waals surface area contributed by atoms with Crippen molar-refractivity contribution < 1.29 is 46.3 Å². The summed E-state index contributed by atoms with van der Waals surface area (Å²) in [4.78, 5) is 10.2. The van der Waals surface area contributed by atoms with E-state index in [1.165, 1.54) is 36.7 Å². The number of aldehydes is 1. The van der Waals surface area contributed by atoms with E-state index in [0.29, 0.717) is 17.6 Å². The Morgan fingerprint density at radius 3 is 1.30 bits per heavy atom. The van der Waals surface area contributed by atoms with Gasteiger partial charge in [0.25, 0.3) is 0 Å². The number of carbonyl (C=O) groups excluding carboxylic acids is 1. The summed E-state index contributed by atoms with van der Waals surface area (Å²) in [5.74, 6) is 0.986. The van der Waals surface area contributed by atoms with Crippen LogP contribution < -0.4 is 17.9 Å². The molecule has 0 radical (unpaired) electrons. The molecular weight excluding hydrogens is 1200 g/mol. The van der Waals surface area contributed by atoms with Crippen molar-refractivity contribution in [3.05, 3.63) is 206 Å². The fourth-order valence-corrected chi connectivity index (χ4v) is 8.40. The Hall–Kier alpha value is -4.70. The van der Waals surface area contributed by atoms with Crippen LogP contribution in [-0.2, 0) is 55.0 Å². The molecule has 0 aliphatic carbocycles. The monoisotopic (exact) mass is 1280 g/mol. The Morgan fingerprint density at radius 2 is 0.988 bits per heavy atom. The van der Waals surface area contributed by atoms with Gasteiger partial charge in [-0.25, -0.2) is 0 Å². The van der Waals surface area contributed by atoms with Gasteiger partial charge in [0.15, 0.2) is 6.29 Å². The number of aryl methyl sites for hydroxylation is 5. The van der Waals surface area contributed by atoms with Crippen molar-refractivity contribution in [2.24, 2.45) is 34.1 Å². The summed E-state index contributed by atoms with van der Waals surface area (Å²) in [6.45, 7) is 20.4. The van der Waals surface area contributed by atoms with Crippen LogP contribution in [0.3, 0.4) is 0 Å². The molecule has 4 aromatic heterocycles. The van der Waals surface area contributed by atoms with Crippen LogP contribution >= 0.6 is 31.9 Å². The van der Waals surface area contributed by atoms with Gasteiger partial charge in [0.1, 0.15) is 11.8 Å². The van der Waals surface area contributed by atoms with E-state index in [9.17, 15) is 19.9 Å². The van der Waals surface area contributed by atoms with Crippen molar-refractivity contribution in [1.82, 2.24) is 39.1 Å². The van der Waals surface area contributed by atoms with E-state index in [-0.39, 0.29) is 53.8 Å². The zero-order valence-corrected chi connectivity index (χ0v) is 55.7. The van der Waals surface area contributed by atoms with Gasteiger partial charge < -0.3 is 41.5 Å². The van der Waals surface area contributed by atoms with Crippen molar-refractivity contribution in [2.75, 3.05) is 0 Å². The molecule has 440 valence electrons. The number of halogens is 3. The van der Waals surface area contributed by atoms with Crippen LogP contribution in [0.15, 0.2) is 155 Å². The molecule has 0 spiro atoms. The Morgan fingerprint density at radius 1 is 0.585 bits per heavy atom. The molecule has 0 aliphatic rings. The predicted molar refractivity (Wildman–Crippen MR) is 337 cm³/mol. The summed E-state index contributed by atoms with van der Waals surface area (Å²) in [5.41, 5.74) is 8.11. The van der Waals surface area contributed by atoms with E-state index in [1.54, 1.807) is 40.5 Å². The molecule has 0 amide bonds. The molecule has 1 unspecified atom stereocenters. The number of benzene rings is 4. The molecule has 8 aromatic rings. The van der Waals surface area contributed by atoms with Gasteiger partial charge in [-0.05, 0) is 108 Å². The molecule has 3 N–H and O–H groups in total. The van der Waals surface area contributed by atoms with E-state index in [0.717, 1.165) is 55.6 Å². The average molecular weight is 1280 g/mol. The van der Waals surface area contributed by atoms with Gasteiger partial charge in [-0.2, -0.15) is 56.8 Å². The molecule has 0 aliphatic heterocycles. The van der Waals surface area contributed by atoms with Crippen molar-refractivity contribution in [3.63, 3.8) is 0 Å². The second-order valence-corrected chi connectivity index (χ2v) is 20.9.